The maximum atomic E-state index is 12.6. The van der Waals surface area contributed by atoms with Crippen molar-refractivity contribution in [1.29, 1.82) is 0 Å². The molecule has 0 saturated carbocycles. The summed E-state index contributed by atoms with van der Waals surface area (Å²) in [7, 11) is -2.52. The van der Waals surface area contributed by atoms with Crippen LogP contribution in [0.25, 0.3) is 0 Å². The molecular formula is C10H12FNO4S. The molecule has 1 aromatic carbocycles. The average Bonchev–Trinajstić information content (AvgIpc) is 2.27. The van der Waals surface area contributed by atoms with Gasteiger partial charge in [-0.1, -0.05) is 0 Å². The first-order valence-corrected chi connectivity index (χ1v) is 6.40. The first kappa shape index (κ1) is 13.6. The van der Waals surface area contributed by atoms with Gasteiger partial charge in [-0.3, -0.25) is 4.79 Å². The van der Waals surface area contributed by atoms with E-state index in [4.69, 9.17) is 0 Å². The minimum Gasteiger partial charge on any atom is -0.382 e. The molecule has 17 heavy (non-hydrogen) atoms. The Kier molecular flexibility index (Phi) is 4.19. The van der Waals surface area contributed by atoms with Gasteiger partial charge in [-0.15, -0.1) is 0 Å². The number of amides is 1. The van der Waals surface area contributed by atoms with Crippen LogP contribution in [0.1, 0.15) is 0 Å². The van der Waals surface area contributed by atoms with Gasteiger partial charge in [0.25, 0.3) is 0 Å². The molecule has 0 fully saturated rings. The summed E-state index contributed by atoms with van der Waals surface area (Å²) in [5.74, 6) is -2.08. The highest BCUT2D eigenvalue weighted by Crippen LogP contribution is 2.12. The van der Waals surface area contributed by atoms with E-state index >= 15 is 0 Å². The van der Waals surface area contributed by atoms with Crippen molar-refractivity contribution in [3.63, 3.8) is 0 Å². The largest absolute Gasteiger partial charge is 0.382 e. The topological polar surface area (TPSA) is 83.5 Å². The number of carbonyl (C=O) groups excluding carboxylic acids is 1. The maximum Gasteiger partial charge on any atom is 0.249 e. The van der Waals surface area contributed by atoms with E-state index in [0.717, 1.165) is 24.3 Å². The number of carbonyl (C=O) groups is 1. The average molecular weight is 261 g/mol. The van der Waals surface area contributed by atoms with Gasteiger partial charge in [-0.2, -0.15) is 0 Å². The first-order chi connectivity index (χ1) is 7.86. The Hall–Kier alpha value is -1.47. The molecular weight excluding hydrogens is 249 g/mol. The second-order valence-electron chi connectivity index (χ2n) is 3.37. The van der Waals surface area contributed by atoms with Crippen molar-refractivity contribution in [3.8, 4) is 0 Å². The van der Waals surface area contributed by atoms with Crippen LogP contribution in [0.2, 0.25) is 0 Å². The van der Waals surface area contributed by atoms with E-state index < -0.39 is 33.4 Å². The second kappa shape index (κ2) is 5.24. The third kappa shape index (κ3) is 3.50. The van der Waals surface area contributed by atoms with Crippen LogP contribution >= 0.6 is 0 Å². The monoisotopic (exact) mass is 261 g/mol. The lowest BCUT2D eigenvalue weighted by atomic mass is 10.3. The van der Waals surface area contributed by atoms with Crippen LogP contribution in [0.5, 0.6) is 0 Å². The molecule has 1 rings (SSSR count). The van der Waals surface area contributed by atoms with Crippen molar-refractivity contribution in [2.24, 2.45) is 0 Å². The Bertz CT molecular complexity index is 498. The molecule has 94 valence electrons. The summed E-state index contributed by atoms with van der Waals surface area (Å²) in [4.78, 5) is 10.9. The lowest BCUT2D eigenvalue weighted by molar-refractivity contribution is -0.127. The predicted octanol–water partition coefficient (Wildman–Crippen LogP) is -0.294. The molecule has 7 heteroatoms. The normalized spacial score (nSPS) is 13.1. The molecule has 0 aliphatic heterocycles. The third-order valence-electron chi connectivity index (χ3n) is 2.10. The van der Waals surface area contributed by atoms with E-state index in [9.17, 15) is 22.7 Å². The van der Waals surface area contributed by atoms with E-state index in [1.165, 1.54) is 7.05 Å². The molecule has 1 amide bonds. The van der Waals surface area contributed by atoms with Gasteiger partial charge >= 0.3 is 0 Å². The van der Waals surface area contributed by atoms with E-state index in [1.807, 2.05) is 0 Å². The molecule has 0 bridgehead atoms. The minimum absolute atomic E-state index is 0.137. The zero-order valence-corrected chi connectivity index (χ0v) is 9.87. The molecule has 5 nitrogen and oxygen atoms in total. The number of nitrogens with one attached hydrogen (secondary N) is 1. The Morgan fingerprint density at radius 2 is 1.94 bits per heavy atom. The zero-order chi connectivity index (χ0) is 13.1. The van der Waals surface area contributed by atoms with Crippen LogP contribution in [0.15, 0.2) is 29.2 Å². The summed E-state index contributed by atoms with van der Waals surface area (Å²) in [5, 5.41) is 11.4. The molecule has 1 atom stereocenters. The van der Waals surface area contributed by atoms with Crippen LogP contribution in [0.3, 0.4) is 0 Å². The number of halogens is 1. The summed E-state index contributed by atoms with van der Waals surface area (Å²) in [6, 6.07) is 4.17. The molecule has 0 aliphatic rings. The molecule has 0 heterocycles. The molecule has 2 N–H and O–H groups in total. The van der Waals surface area contributed by atoms with Crippen molar-refractivity contribution < 1.29 is 22.7 Å². The summed E-state index contributed by atoms with van der Waals surface area (Å²) in [5.41, 5.74) is 0. The fourth-order valence-corrected chi connectivity index (χ4v) is 2.50. The number of aliphatic hydroxyl groups is 1. The van der Waals surface area contributed by atoms with Gasteiger partial charge in [0.1, 0.15) is 11.9 Å². The number of likely N-dealkylation sites (N-methyl/N-ethyl adjacent to an activating group) is 1. The van der Waals surface area contributed by atoms with E-state index in [2.05, 4.69) is 5.32 Å². The molecule has 0 spiro atoms. The summed E-state index contributed by atoms with van der Waals surface area (Å²) >= 11 is 0. The van der Waals surface area contributed by atoms with Gasteiger partial charge in [0.2, 0.25) is 5.91 Å². The Labute approximate surface area is 98.2 Å². The van der Waals surface area contributed by atoms with Gasteiger partial charge < -0.3 is 10.4 Å². The van der Waals surface area contributed by atoms with Crippen molar-refractivity contribution in [2.75, 3.05) is 12.8 Å². The number of hydrogen-bond acceptors (Lipinski definition) is 4. The molecule has 0 aromatic heterocycles. The molecule has 1 aromatic rings. The highest BCUT2D eigenvalue weighted by Gasteiger charge is 2.24. The number of aliphatic hydroxyl groups excluding tert-OH is 1. The minimum atomic E-state index is -3.81. The Morgan fingerprint density at radius 1 is 1.41 bits per heavy atom. The predicted molar refractivity (Wildman–Crippen MR) is 58.5 cm³/mol. The number of rotatable bonds is 4. The molecule has 0 aliphatic carbocycles. The summed E-state index contributed by atoms with van der Waals surface area (Å²) < 4.78 is 36.0. The summed E-state index contributed by atoms with van der Waals surface area (Å²) in [6.07, 6.45) is -1.64. The van der Waals surface area contributed by atoms with Crippen LogP contribution in [0.4, 0.5) is 4.39 Å². The number of hydrogen-bond donors (Lipinski definition) is 2. The van der Waals surface area contributed by atoms with Crippen LogP contribution in [-0.4, -0.2) is 38.3 Å². The smallest absolute Gasteiger partial charge is 0.249 e. The van der Waals surface area contributed by atoms with Crippen molar-refractivity contribution in [2.45, 2.75) is 11.0 Å². The lowest BCUT2D eigenvalue weighted by Gasteiger charge is -2.09. The zero-order valence-electron chi connectivity index (χ0n) is 9.05. The van der Waals surface area contributed by atoms with Crippen molar-refractivity contribution >= 4 is 15.7 Å². The second-order valence-corrected chi connectivity index (χ2v) is 5.40. The van der Waals surface area contributed by atoms with E-state index in [-0.39, 0.29) is 4.90 Å². The Balaban J connectivity index is 2.89. The van der Waals surface area contributed by atoms with Gasteiger partial charge in [0, 0.05) is 7.05 Å². The fraction of sp³-hybridized carbons (Fsp3) is 0.300. The van der Waals surface area contributed by atoms with E-state index in [1.54, 1.807) is 0 Å². The standard InChI is InChI=1S/C10H12FNO4S/c1-12-10(14)9(13)6-17(15,16)8-4-2-7(11)3-5-8/h2-5,9,13H,6H2,1H3,(H,12,14)/t9-/m0/s1. The van der Waals surface area contributed by atoms with E-state index in [0.29, 0.717) is 0 Å². The first-order valence-electron chi connectivity index (χ1n) is 4.75. The van der Waals surface area contributed by atoms with Crippen LogP contribution < -0.4 is 5.32 Å². The van der Waals surface area contributed by atoms with Crippen LogP contribution in [0, 0.1) is 5.82 Å². The van der Waals surface area contributed by atoms with Gasteiger partial charge in [0.15, 0.2) is 9.84 Å². The maximum absolute atomic E-state index is 12.6. The fourth-order valence-electron chi connectivity index (χ4n) is 1.19. The molecule has 0 radical (unpaired) electrons. The SMILES string of the molecule is CNC(=O)[C@@H](O)CS(=O)(=O)c1ccc(F)cc1. The van der Waals surface area contributed by atoms with Gasteiger partial charge in [0.05, 0.1) is 10.6 Å². The molecule has 0 saturated heterocycles. The molecule has 0 unspecified atom stereocenters. The van der Waals surface area contributed by atoms with Crippen molar-refractivity contribution in [3.05, 3.63) is 30.1 Å². The Morgan fingerprint density at radius 3 is 2.41 bits per heavy atom. The van der Waals surface area contributed by atoms with Crippen molar-refractivity contribution in [1.82, 2.24) is 5.32 Å². The number of sulfone groups is 1. The highest BCUT2D eigenvalue weighted by molar-refractivity contribution is 7.91. The lowest BCUT2D eigenvalue weighted by Crippen LogP contribution is -2.36. The van der Waals surface area contributed by atoms with Crippen LogP contribution in [-0.2, 0) is 14.6 Å². The quantitative estimate of drug-likeness (QED) is 0.729. The van der Waals surface area contributed by atoms with Gasteiger partial charge in [-0.05, 0) is 24.3 Å². The third-order valence-corrected chi connectivity index (χ3v) is 3.84. The number of benzene rings is 1. The summed E-state index contributed by atoms with van der Waals surface area (Å²) in [6.45, 7) is 0. The highest BCUT2D eigenvalue weighted by atomic mass is 32.2. The van der Waals surface area contributed by atoms with Gasteiger partial charge in [-0.25, -0.2) is 12.8 Å².